The summed E-state index contributed by atoms with van der Waals surface area (Å²) in [5, 5.41) is 3.10. The van der Waals surface area contributed by atoms with Crippen molar-refractivity contribution in [2.45, 2.75) is 12.8 Å². The highest BCUT2D eigenvalue weighted by atomic mass is 16.0. The number of hydrogen-bond donors (Lipinski definition) is 2. The van der Waals surface area contributed by atoms with E-state index in [9.17, 15) is 0 Å². The molecule has 0 atom stereocenters. The number of nitrogens with one attached hydrogen (secondary N) is 1. The third kappa shape index (κ3) is 3.64. The Bertz CT molecular complexity index is 55.4. The van der Waals surface area contributed by atoms with Gasteiger partial charge in [0.25, 0.3) is 0 Å². The van der Waals surface area contributed by atoms with Gasteiger partial charge in [-0.1, -0.05) is 6.08 Å². The van der Waals surface area contributed by atoms with Crippen LogP contribution in [0, 0.1) is 0 Å². The smallest absolute Gasteiger partial charge is 0.0144 e. The second-order valence-corrected chi connectivity index (χ2v) is 1.50. The molecule has 0 spiro atoms. The fourth-order valence-corrected chi connectivity index (χ4v) is 0.572. The molecule has 0 saturated heterocycles. The lowest BCUT2D eigenvalue weighted by Gasteiger charge is -2.02. The number of rotatable bonds is 0. The van der Waals surface area contributed by atoms with Gasteiger partial charge in [0.15, 0.2) is 0 Å². The van der Waals surface area contributed by atoms with Gasteiger partial charge < -0.3 is 16.9 Å². The standard InChI is InChI=1S/C5H9N.H3N.H2O/c1-2-4-6-5-3-1;;/h2,4,6H,1,3,5H2;1H3;1H2. The van der Waals surface area contributed by atoms with Gasteiger partial charge in [-0.2, -0.15) is 0 Å². The summed E-state index contributed by atoms with van der Waals surface area (Å²) in [6, 6.07) is 0. The Kier molecular flexibility index (Phi) is 8.43. The summed E-state index contributed by atoms with van der Waals surface area (Å²) in [5.74, 6) is 0. The fraction of sp³-hybridized carbons (Fsp3) is 0.600. The zero-order valence-electron chi connectivity index (χ0n) is 4.98. The van der Waals surface area contributed by atoms with Crippen LogP contribution in [0.4, 0.5) is 0 Å². The monoisotopic (exact) mass is 118 g/mol. The van der Waals surface area contributed by atoms with E-state index in [0.29, 0.717) is 0 Å². The van der Waals surface area contributed by atoms with Crippen LogP contribution in [0.5, 0.6) is 0 Å². The first-order valence-corrected chi connectivity index (χ1v) is 2.38. The van der Waals surface area contributed by atoms with Gasteiger partial charge in [0, 0.05) is 6.54 Å². The van der Waals surface area contributed by atoms with Crippen molar-refractivity contribution in [3.63, 3.8) is 0 Å². The Morgan fingerprint density at radius 2 is 2.12 bits per heavy atom. The molecule has 0 fully saturated rings. The normalized spacial score (nSPS) is 15.0. The molecule has 0 aromatic rings. The number of hydrogen-bond acceptors (Lipinski definition) is 2. The van der Waals surface area contributed by atoms with Crippen LogP contribution in [0.15, 0.2) is 12.3 Å². The maximum Gasteiger partial charge on any atom is 0.0144 e. The van der Waals surface area contributed by atoms with Crippen LogP contribution in [0.2, 0.25) is 0 Å². The first-order chi connectivity index (χ1) is 3.00. The van der Waals surface area contributed by atoms with E-state index in [1.165, 1.54) is 12.8 Å². The molecule has 0 bridgehead atoms. The highest BCUT2D eigenvalue weighted by molar-refractivity contribution is 4.83. The average molecular weight is 118 g/mol. The minimum atomic E-state index is 0. The summed E-state index contributed by atoms with van der Waals surface area (Å²) in [5.41, 5.74) is 0. The zero-order chi connectivity index (χ0) is 4.24. The van der Waals surface area contributed by atoms with Gasteiger partial charge in [-0.15, -0.1) is 0 Å². The number of allylic oxidation sites excluding steroid dienone is 1. The van der Waals surface area contributed by atoms with Gasteiger partial charge in [0.2, 0.25) is 0 Å². The second kappa shape index (κ2) is 6.46. The topological polar surface area (TPSA) is 78.5 Å². The van der Waals surface area contributed by atoms with Gasteiger partial charge in [-0.3, -0.25) is 0 Å². The zero-order valence-corrected chi connectivity index (χ0v) is 4.98. The van der Waals surface area contributed by atoms with E-state index >= 15 is 0 Å². The predicted molar refractivity (Wildman–Crippen MR) is 35.0 cm³/mol. The van der Waals surface area contributed by atoms with Gasteiger partial charge >= 0.3 is 0 Å². The summed E-state index contributed by atoms with van der Waals surface area (Å²) < 4.78 is 0. The van der Waals surface area contributed by atoms with Gasteiger partial charge in [-0.05, 0) is 19.0 Å². The molecule has 50 valence electrons. The molecule has 8 heavy (non-hydrogen) atoms. The van der Waals surface area contributed by atoms with E-state index in [-0.39, 0.29) is 11.6 Å². The fourth-order valence-electron chi connectivity index (χ4n) is 0.572. The van der Waals surface area contributed by atoms with Crippen molar-refractivity contribution in [1.82, 2.24) is 11.5 Å². The van der Waals surface area contributed by atoms with Gasteiger partial charge in [0.1, 0.15) is 0 Å². The molecule has 0 unspecified atom stereocenters. The van der Waals surface area contributed by atoms with Crippen molar-refractivity contribution in [3.05, 3.63) is 12.3 Å². The average Bonchev–Trinajstić information content (AvgIpc) is 1.72. The van der Waals surface area contributed by atoms with Gasteiger partial charge in [-0.25, -0.2) is 0 Å². The lowest BCUT2D eigenvalue weighted by Crippen LogP contribution is -2.09. The molecule has 0 amide bonds. The van der Waals surface area contributed by atoms with E-state index in [1.54, 1.807) is 0 Å². The van der Waals surface area contributed by atoms with E-state index in [0.717, 1.165) is 6.54 Å². The molecule has 0 saturated carbocycles. The Labute approximate surface area is 49.7 Å². The third-order valence-corrected chi connectivity index (χ3v) is 0.928. The molecule has 3 nitrogen and oxygen atoms in total. The molecule has 1 aliphatic rings. The van der Waals surface area contributed by atoms with Crippen LogP contribution in [-0.2, 0) is 0 Å². The summed E-state index contributed by atoms with van der Waals surface area (Å²) in [6.45, 7) is 1.16. The molecular weight excluding hydrogens is 104 g/mol. The van der Waals surface area contributed by atoms with Crippen LogP contribution >= 0.6 is 0 Å². The Morgan fingerprint density at radius 3 is 2.25 bits per heavy atom. The van der Waals surface area contributed by atoms with Crippen LogP contribution in [0.3, 0.4) is 0 Å². The molecule has 0 aromatic carbocycles. The molecule has 1 heterocycles. The first-order valence-electron chi connectivity index (χ1n) is 2.38. The second-order valence-electron chi connectivity index (χ2n) is 1.50. The molecule has 1 aliphatic heterocycles. The van der Waals surface area contributed by atoms with Crippen molar-refractivity contribution in [1.29, 1.82) is 0 Å². The van der Waals surface area contributed by atoms with E-state index in [1.807, 2.05) is 6.20 Å². The van der Waals surface area contributed by atoms with Crippen LogP contribution in [-0.4, -0.2) is 12.0 Å². The third-order valence-electron chi connectivity index (χ3n) is 0.928. The highest BCUT2D eigenvalue weighted by Crippen LogP contribution is 1.91. The van der Waals surface area contributed by atoms with Crippen molar-refractivity contribution in [2.75, 3.05) is 6.54 Å². The predicted octanol–water partition coefficient (Wildman–Crippen LogP) is 0.221. The maximum absolute atomic E-state index is 3.10. The van der Waals surface area contributed by atoms with Crippen LogP contribution in [0.25, 0.3) is 0 Å². The minimum absolute atomic E-state index is 0. The molecule has 0 aromatic heterocycles. The van der Waals surface area contributed by atoms with Crippen molar-refractivity contribution < 1.29 is 5.48 Å². The van der Waals surface area contributed by atoms with Crippen molar-refractivity contribution >= 4 is 0 Å². The Morgan fingerprint density at radius 1 is 1.38 bits per heavy atom. The summed E-state index contributed by atoms with van der Waals surface area (Å²) in [6.07, 6.45) is 6.73. The summed E-state index contributed by atoms with van der Waals surface area (Å²) in [4.78, 5) is 0. The van der Waals surface area contributed by atoms with Crippen LogP contribution < -0.4 is 11.5 Å². The SMILES string of the molecule is C1=CNCCC1.N.O. The highest BCUT2D eigenvalue weighted by Gasteiger charge is 1.84. The summed E-state index contributed by atoms with van der Waals surface area (Å²) >= 11 is 0. The molecule has 6 N–H and O–H groups in total. The lowest BCUT2D eigenvalue weighted by atomic mass is 10.2. The first kappa shape index (κ1) is 10.4. The molecule has 0 aliphatic carbocycles. The molecule has 1 rings (SSSR count). The Hall–Kier alpha value is -0.540. The van der Waals surface area contributed by atoms with Gasteiger partial charge in [0.05, 0.1) is 0 Å². The lowest BCUT2D eigenvalue weighted by molar-refractivity contribution is 0.728. The van der Waals surface area contributed by atoms with Crippen molar-refractivity contribution in [2.24, 2.45) is 0 Å². The van der Waals surface area contributed by atoms with E-state index < -0.39 is 0 Å². The molecular formula is C5H14N2O. The largest absolute Gasteiger partial charge is 0.412 e. The quantitative estimate of drug-likeness (QED) is 0.477. The van der Waals surface area contributed by atoms with E-state index in [2.05, 4.69) is 11.4 Å². The maximum atomic E-state index is 3.10. The summed E-state index contributed by atoms with van der Waals surface area (Å²) in [7, 11) is 0. The molecule has 0 radical (unpaired) electrons. The minimum Gasteiger partial charge on any atom is -0.412 e. The van der Waals surface area contributed by atoms with E-state index in [4.69, 9.17) is 0 Å². The van der Waals surface area contributed by atoms with Crippen LogP contribution in [0.1, 0.15) is 12.8 Å². The molecule has 3 heteroatoms. The Balaban J connectivity index is 0. The van der Waals surface area contributed by atoms with Crippen molar-refractivity contribution in [3.8, 4) is 0 Å².